The number of nitrogens with one attached hydrogen (secondary N) is 1. The van der Waals surface area contributed by atoms with Gasteiger partial charge < -0.3 is 0 Å². The van der Waals surface area contributed by atoms with Crippen LogP contribution in [-0.4, -0.2) is 0 Å². The molecule has 1 aromatic carbocycles. The lowest BCUT2D eigenvalue weighted by molar-refractivity contribution is 0.417. The summed E-state index contributed by atoms with van der Waals surface area (Å²) in [6, 6.07) is 5.33. The number of hydrazine groups is 1. The summed E-state index contributed by atoms with van der Waals surface area (Å²) in [6.45, 7) is 10.8. The molecule has 2 rings (SSSR count). The van der Waals surface area contributed by atoms with Gasteiger partial charge in [-0.15, -0.1) is 0 Å². The van der Waals surface area contributed by atoms with Crippen molar-refractivity contribution < 1.29 is 4.39 Å². The van der Waals surface area contributed by atoms with Crippen molar-refractivity contribution in [2.75, 3.05) is 0 Å². The Labute approximate surface area is 109 Å². The maximum Gasteiger partial charge on any atom is 0.126 e. The number of nitrogens with two attached hydrogens (primary N) is 1. The first-order valence-corrected chi connectivity index (χ1v) is 6.45. The molecule has 1 unspecified atom stereocenters. The molecule has 0 heterocycles. The lowest BCUT2D eigenvalue weighted by atomic mass is 9.96. The number of benzene rings is 1. The molecule has 2 nitrogen and oxygen atoms in total. The topological polar surface area (TPSA) is 38.0 Å². The fourth-order valence-corrected chi connectivity index (χ4v) is 3.33. The molecule has 1 aliphatic carbocycles. The monoisotopic (exact) mass is 250 g/mol. The number of hydrogen-bond donors (Lipinski definition) is 2. The van der Waals surface area contributed by atoms with Crippen molar-refractivity contribution in [1.29, 1.82) is 0 Å². The second-order valence-electron chi connectivity index (χ2n) is 6.57. The summed E-state index contributed by atoms with van der Waals surface area (Å²) < 4.78 is 13.3. The quantitative estimate of drug-likeness (QED) is 0.638. The molecular weight excluding hydrogens is 227 g/mol. The maximum atomic E-state index is 13.3. The normalized spacial score (nSPS) is 22.8. The van der Waals surface area contributed by atoms with E-state index in [0.29, 0.717) is 11.5 Å². The third-order valence-corrected chi connectivity index (χ3v) is 5.19. The van der Waals surface area contributed by atoms with Gasteiger partial charge in [0.15, 0.2) is 0 Å². The minimum Gasteiger partial charge on any atom is -0.271 e. The van der Waals surface area contributed by atoms with Crippen LogP contribution < -0.4 is 11.3 Å². The Morgan fingerprint density at radius 2 is 1.78 bits per heavy atom. The fraction of sp³-hybridized carbons (Fsp3) is 0.600. The van der Waals surface area contributed by atoms with Crippen molar-refractivity contribution in [3.63, 3.8) is 0 Å². The Bertz CT molecular complexity index is 452. The molecule has 100 valence electrons. The zero-order valence-electron chi connectivity index (χ0n) is 11.8. The Morgan fingerprint density at radius 3 is 2.17 bits per heavy atom. The van der Waals surface area contributed by atoms with Gasteiger partial charge in [0.1, 0.15) is 5.82 Å². The van der Waals surface area contributed by atoms with E-state index in [0.717, 1.165) is 5.56 Å². The van der Waals surface area contributed by atoms with Crippen LogP contribution in [0.15, 0.2) is 18.2 Å². The van der Waals surface area contributed by atoms with Crippen molar-refractivity contribution in [2.24, 2.45) is 22.6 Å². The molecule has 3 N–H and O–H groups in total. The molecular formula is C15H23FN2. The van der Waals surface area contributed by atoms with Crippen LogP contribution in [0.5, 0.6) is 0 Å². The second kappa shape index (κ2) is 4.04. The molecule has 1 atom stereocenters. The lowest BCUT2D eigenvalue weighted by Crippen LogP contribution is -2.31. The SMILES string of the molecule is Cc1cc(C(NN)C2C(C)(C)C2(C)C)ccc1F. The van der Waals surface area contributed by atoms with Crippen LogP contribution in [0.4, 0.5) is 4.39 Å². The van der Waals surface area contributed by atoms with Gasteiger partial charge >= 0.3 is 0 Å². The van der Waals surface area contributed by atoms with Crippen molar-refractivity contribution in [3.05, 3.63) is 35.1 Å². The number of halogens is 1. The van der Waals surface area contributed by atoms with Crippen molar-refractivity contribution >= 4 is 0 Å². The average molecular weight is 250 g/mol. The molecule has 0 radical (unpaired) electrons. The van der Waals surface area contributed by atoms with Gasteiger partial charge in [-0.25, -0.2) is 4.39 Å². The van der Waals surface area contributed by atoms with Crippen molar-refractivity contribution in [2.45, 2.75) is 40.7 Å². The summed E-state index contributed by atoms with van der Waals surface area (Å²) in [5.41, 5.74) is 5.14. The highest BCUT2D eigenvalue weighted by Gasteiger charge is 2.67. The average Bonchev–Trinajstić information content (AvgIpc) is 2.67. The molecule has 0 aliphatic heterocycles. The van der Waals surface area contributed by atoms with Crippen LogP contribution in [-0.2, 0) is 0 Å². The van der Waals surface area contributed by atoms with Crippen molar-refractivity contribution in [1.82, 2.24) is 5.43 Å². The minimum absolute atomic E-state index is 0.0781. The summed E-state index contributed by atoms with van der Waals surface area (Å²) >= 11 is 0. The van der Waals surface area contributed by atoms with Gasteiger partial charge in [-0.05, 0) is 40.9 Å². The van der Waals surface area contributed by atoms with E-state index in [2.05, 4.69) is 33.1 Å². The molecule has 0 aromatic heterocycles. The van der Waals surface area contributed by atoms with E-state index >= 15 is 0 Å². The van der Waals surface area contributed by atoms with Gasteiger partial charge in [-0.2, -0.15) is 0 Å². The summed E-state index contributed by atoms with van der Waals surface area (Å²) in [4.78, 5) is 0. The molecule has 0 amide bonds. The van der Waals surface area contributed by atoms with Crippen molar-refractivity contribution in [3.8, 4) is 0 Å². The van der Waals surface area contributed by atoms with Gasteiger partial charge in [0, 0.05) is 6.04 Å². The van der Waals surface area contributed by atoms with E-state index in [1.165, 1.54) is 6.07 Å². The van der Waals surface area contributed by atoms with E-state index in [9.17, 15) is 4.39 Å². The largest absolute Gasteiger partial charge is 0.271 e. The first kappa shape index (κ1) is 13.5. The van der Waals surface area contributed by atoms with E-state index < -0.39 is 0 Å². The molecule has 0 bridgehead atoms. The highest BCUT2D eigenvalue weighted by Crippen LogP contribution is 2.72. The molecule has 18 heavy (non-hydrogen) atoms. The Morgan fingerprint density at radius 1 is 1.22 bits per heavy atom. The summed E-state index contributed by atoms with van der Waals surface area (Å²) in [5, 5.41) is 0. The summed E-state index contributed by atoms with van der Waals surface area (Å²) in [6.07, 6.45) is 0. The van der Waals surface area contributed by atoms with Gasteiger partial charge in [0.2, 0.25) is 0 Å². The van der Waals surface area contributed by atoms with Crippen LogP contribution in [0.1, 0.15) is 44.9 Å². The van der Waals surface area contributed by atoms with E-state index in [1.54, 1.807) is 6.92 Å². The number of rotatable bonds is 3. The van der Waals surface area contributed by atoms with Crippen LogP contribution in [0, 0.1) is 29.5 Å². The van der Waals surface area contributed by atoms with Gasteiger partial charge in [-0.1, -0.05) is 39.8 Å². The van der Waals surface area contributed by atoms with E-state index in [4.69, 9.17) is 5.84 Å². The van der Waals surface area contributed by atoms with Gasteiger partial charge in [0.25, 0.3) is 0 Å². The van der Waals surface area contributed by atoms with Crippen LogP contribution in [0.2, 0.25) is 0 Å². The van der Waals surface area contributed by atoms with Gasteiger partial charge in [-0.3, -0.25) is 11.3 Å². The first-order chi connectivity index (χ1) is 8.23. The number of aryl methyl sites for hydroxylation is 1. The predicted molar refractivity (Wildman–Crippen MR) is 72.3 cm³/mol. The Hall–Kier alpha value is -0.930. The summed E-state index contributed by atoms with van der Waals surface area (Å²) in [5.74, 6) is 6.03. The maximum absolute atomic E-state index is 13.3. The number of hydrogen-bond acceptors (Lipinski definition) is 2. The molecule has 1 fully saturated rings. The third-order valence-electron chi connectivity index (χ3n) is 5.19. The lowest BCUT2D eigenvalue weighted by Gasteiger charge is -2.19. The van der Waals surface area contributed by atoms with Crippen LogP contribution >= 0.6 is 0 Å². The fourth-order valence-electron chi connectivity index (χ4n) is 3.33. The highest BCUT2D eigenvalue weighted by atomic mass is 19.1. The zero-order chi connectivity index (χ0) is 13.7. The van der Waals surface area contributed by atoms with Crippen LogP contribution in [0.25, 0.3) is 0 Å². The summed E-state index contributed by atoms with van der Waals surface area (Å²) in [7, 11) is 0. The third kappa shape index (κ3) is 1.77. The molecule has 0 spiro atoms. The van der Waals surface area contributed by atoms with E-state index in [1.807, 2.05) is 12.1 Å². The van der Waals surface area contributed by atoms with Gasteiger partial charge in [0.05, 0.1) is 0 Å². The highest BCUT2D eigenvalue weighted by molar-refractivity contribution is 5.31. The Balaban J connectivity index is 2.33. The predicted octanol–water partition coefficient (Wildman–Crippen LogP) is 3.32. The van der Waals surface area contributed by atoms with E-state index in [-0.39, 0.29) is 22.7 Å². The molecule has 0 saturated heterocycles. The standard InChI is InChI=1S/C15H23FN2/c1-9-8-10(6-7-11(9)16)12(18-17)13-14(2,3)15(13,4)5/h6-8,12-13,18H,17H2,1-5H3. The molecule has 1 aromatic rings. The Kier molecular flexibility index (Phi) is 3.03. The second-order valence-corrected chi connectivity index (χ2v) is 6.57. The molecule has 1 aliphatic rings. The molecule has 1 saturated carbocycles. The van der Waals surface area contributed by atoms with Crippen LogP contribution in [0.3, 0.4) is 0 Å². The zero-order valence-corrected chi connectivity index (χ0v) is 11.8. The minimum atomic E-state index is -0.163. The first-order valence-electron chi connectivity index (χ1n) is 6.45. The smallest absolute Gasteiger partial charge is 0.126 e. The molecule has 3 heteroatoms.